The molecule has 1 aliphatic rings. The number of hydrogen-bond acceptors (Lipinski definition) is 4. The van der Waals surface area contributed by atoms with Crippen molar-refractivity contribution in [3.05, 3.63) is 29.6 Å². The fourth-order valence-electron chi connectivity index (χ4n) is 2.56. The summed E-state index contributed by atoms with van der Waals surface area (Å²) in [5.74, 6) is -0.446. The molecule has 1 heterocycles. The molecule has 110 valence electrons. The molecule has 0 bridgehead atoms. The van der Waals surface area contributed by atoms with E-state index in [-0.39, 0.29) is 11.6 Å². The van der Waals surface area contributed by atoms with Gasteiger partial charge < -0.3 is 14.8 Å². The van der Waals surface area contributed by atoms with Gasteiger partial charge in [-0.25, -0.2) is 4.39 Å². The van der Waals surface area contributed by atoms with Gasteiger partial charge in [-0.15, -0.1) is 0 Å². The van der Waals surface area contributed by atoms with Crippen LogP contribution in [-0.2, 0) is 11.3 Å². The van der Waals surface area contributed by atoms with Crippen molar-refractivity contribution in [3.8, 4) is 0 Å². The summed E-state index contributed by atoms with van der Waals surface area (Å²) in [6.45, 7) is 5.12. The Morgan fingerprint density at radius 1 is 1.40 bits per heavy atom. The van der Waals surface area contributed by atoms with Gasteiger partial charge in [-0.2, -0.15) is 0 Å². The maximum Gasteiger partial charge on any atom is 0.488 e. The smallest absolute Gasteiger partial charge is 0.423 e. The van der Waals surface area contributed by atoms with Crippen LogP contribution in [0.1, 0.15) is 25.3 Å². The Balaban J connectivity index is 2.02. The average Bonchev–Trinajstić information content (AvgIpc) is 2.90. The molecule has 1 aliphatic heterocycles. The van der Waals surface area contributed by atoms with E-state index in [1.165, 1.54) is 6.07 Å². The number of nitrogens with zero attached hydrogens (tertiary/aromatic N) is 1. The molecular formula is C14H21BFNO3. The predicted octanol–water partition coefficient (Wildman–Crippen LogP) is 0.506. The van der Waals surface area contributed by atoms with Crippen molar-refractivity contribution < 1.29 is 19.2 Å². The van der Waals surface area contributed by atoms with Crippen molar-refractivity contribution in [2.75, 3.05) is 19.7 Å². The van der Waals surface area contributed by atoms with Gasteiger partial charge in [-0.3, -0.25) is 4.90 Å². The molecule has 1 aromatic rings. The zero-order valence-electron chi connectivity index (χ0n) is 11.8. The first-order valence-corrected chi connectivity index (χ1v) is 7.08. The van der Waals surface area contributed by atoms with Gasteiger partial charge >= 0.3 is 7.12 Å². The molecule has 20 heavy (non-hydrogen) atoms. The summed E-state index contributed by atoms with van der Waals surface area (Å²) < 4.78 is 19.1. The van der Waals surface area contributed by atoms with Crippen molar-refractivity contribution in [2.45, 2.75) is 32.4 Å². The minimum atomic E-state index is -1.64. The third-order valence-corrected chi connectivity index (χ3v) is 3.62. The summed E-state index contributed by atoms with van der Waals surface area (Å²) in [5, 5.41) is 18.3. The van der Waals surface area contributed by atoms with Gasteiger partial charge in [0.25, 0.3) is 0 Å². The molecular weight excluding hydrogens is 260 g/mol. The van der Waals surface area contributed by atoms with Gasteiger partial charge in [-0.1, -0.05) is 13.0 Å². The van der Waals surface area contributed by atoms with Crippen LogP contribution in [0, 0.1) is 5.82 Å². The number of benzene rings is 1. The highest BCUT2D eigenvalue weighted by Gasteiger charge is 2.19. The van der Waals surface area contributed by atoms with Crippen LogP contribution in [0.2, 0.25) is 0 Å². The highest BCUT2D eigenvalue weighted by Crippen LogP contribution is 2.15. The lowest BCUT2D eigenvalue weighted by Crippen LogP contribution is -2.33. The van der Waals surface area contributed by atoms with E-state index in [1.807, 2.05) is 0 Å². The fraction of sp³-hybridized carbons (Fsp3) is 0.571. The number of likely N-dealkylation sites (N-methyl/N-ethyl adjacent to an activating group) is 1. The zero-order valence-corrected chi connectivity index (χ0v) is 11.8. The van der Waals surface area contributed by atoms with Crippen LogP contribution >= 0.6 is 0 Å². The van der Waals surface area contributed by atoms with E-state index >= 15 is 0 Å². The molecule has 1 atom stereocenters. The summed E-state index contributed by atoms with van der Waals surface area (Å²) in [5.41, 5.74) is 0.932. The molecule has 1 saturated heterocycles. The topological polar surface area (TPSA) is 52.9 Å². The first kappa shape index (κ1) is 15.4. The number of hydrogen-bond donors (Lipinski definition) is 2. The Labute approximate surface area is 119 Å². The second-order valence-electron chi connectivity index (χ2n) is 5.23. The van der Waals surface area contributed by atoms with Crippen LogP contribution in [0.4, 0.5) is 4.39 Å². The van der Waals surface area contributed by atoms with E-state index in [1.54, 1.807) is 6.07 Å². The van der Waals surface area contributed by atoms with E-state index in [9.17, 15) is 4.39 Å². The normalized spacial score (nSPS) is 18.8. The lowest BCUT2D eigenvalue weighted by molar-refractivity contribution is 0.0725. The first-order chi connectivity index (χ1) is 9.58. The summed E-state index contributed by atoms with van der Waals surface area (Å²) in [6.07, 6.45) is 2.43. The van der Waals surface area contributed by atoms with E-state index in [4.69, 9.17) is 14.8 Å². The van der Waals surface area contributed by atoms with Gasteiger partial charge in [0.05, 0.1) is 6.10 Å². The van der Waals surface area contributed by atoms with E-state index < -0.39 is 12.9 Å². The van der Waals surface area contributed by atoms with Crippen LogP contribution in [0.25, 0.3) is 0 Å². The third-order valence-electron chi connectivity index (χ3n) is 3.62. The van der Waals surface area contributed by atoms with Crippen LogP contribution in [0.15, 0.2) is 18.2 Å². The lowest BCUT2D eigenvalue weighted by atomic mass is 9.79. The quantitative estimate of drug-likeness (QED) is 0.746. The van der Waals surface area contributed by atoms with Gasteiger partial charge in [0, 0.05) is 19.7 Å². The molecule has 1 aromatic carbocycles. The highest BCUT2D eigenvalue weighted by molar-refractivity contribution is 6.58. The fourth-order valence-corrected chi connectivity index (χ4v) is 2.56. The highest BCUT2D eigenvalue weighted by atomic mass is 19.1. The van der Waals surface area contributed by atoms with Crippen LogP contribution in [0.3, 0.4) is 0 Å². The van der Waals surface area contributed by atoms with Gasteiger partial charge in [0.1, 0.15) is 5.82 Å². The molecule has 0 radical (unpaired) electrons. The predicted molar refractivity (Wildman–Crippen MR) is 76.2 cm³/mol. The van der Waals surface area contributed by atoms with Crippen molar-refractivity contribution in [3.63, 3.8) is 0 Å². The van der Waals surface area contributed by atoms with Crippen molar-refractivity contribution >= 4 is 12.6 Å². The molecule has 0 amide bonds. The van der Waals surface area contributed by atoms with Crippen molar-refractivity contribution in [1.82, 2.24) is 4.90 Å². The largest absolute Gasteiger partial charge is 0.488 e. The minimum Gasteiger partial charge on any atom is -0.423 e. The Hall–Kier alpha value is -0.945. The summed E-state index contributed by atoms with van der Waals surface area (Å²) in [7, 11) is -1.64. The van der Waals surface area contributed by atoms with Crippen molar-refractivity contribution in [2.24, 2.45) is 0 Å². The summed E-state index contributed by atoms with van der Waals surface area (Å²) in [4.78, 5) is 2.18. The molecule has 2 N–H and O–H groups in total. The van der Waals surface area contributed by atoms with Crippen LogP contribution in [0.5, 0.6) is 0 Å². The molecule has 6 heteroatoms. The third kappa shape index (κ3) is 4.28. The molecule has 1 fully saturated rings. The van der Waals surface area contributed by atoms with Gasteiger partial charge in [0.15, 0.2) is 0 Å². The van der Waals surface area contributed by atoms with E-state index in [2.05, 4.69) is 11.8 Å². The van der Waals surface area contributed by atoms with Crippen LogP contribution < -0.4 is 5.46 Å². The monoisotopic (exact) mass is 281 g/mol. The van der Waals surface area contributed by atoms with Crippen molar-refractivity contribution in [1.29, 1.82) is 0 Å². The van der Waals surface area contributed by atoms with E-state index in [0.717, 1.165) is 44.2 Å². The second kappa shape index (κ2) is 7.17. The van der Waals surface area contributed by atoms with Crippen LogP contribution in [-0.4, -0.2) is 47.9 Å². The zero-order chi connectivity index (χ0) is 14.5. The Morgan fingerprint density at radius 2 is 2.20 bits per heavy atom. The molecule has 0 aliphatic carbocycles. The SMILES string of the molecule is CCN(Cc1cc(F)cc(B(O)O)c1)CC1CCCO1. The van der Waals surface area contributed by atoms with Gasteiger partial charge in [0.2, 0.25) is 0 Å². The van der Waals surface area contributed by atoms with Gasteiger partial charge in [-0.05, 0) is 42.5 Å². The first-order valence-electron chi connectivity index (χ1n) is 7.08. The maximum atomic E-state index is 13.5. The molecule has 1 unspecified atom stereocenters. The Bertz CT molecular complexity index is 438. The molecule has 4 nitrogen and oxygen atoms in total. The lowest BCUT2D eigenvalue weighted by Gasteiger charge is -2.24. The summed E-state index contributed by atoms with van der Waals surface area (Å²) in [6, 6.07) is 4.21. The standard InChI is InChI=1S/C14H21BFNO3/c1-2-17(10-14-4-3-5-20-14)9-11-6-12(15(18)19)8-13(16)7-11/h6-8,14,18-19H,2-5,9-10H2,1H3. The van der Waals surface area contributed by atoms with E-state index in [0.29, 0.717) is 6.54 Å². The molecule has 0 saturated carbocycles. The summed E-state index contributed by atoms with van der Waals surface area (Å²) >= 11 is 0. The number of halogens is 1. The maximum absolute atomic E-state index is 13.5. The Morgan fingerprint density at radius 3 is 2.80 bits per heavy atom. The molecule has 0 aromatic heterocycles. The Kier molecular flexibility index (Phi) is 5.54. The average molecular weight is 281 g/mol. The molecule has 0 spiro atoms. The molecule has 2 rings (SSSR count). The number of ether oxygens (including phenoxy) is 1. The number of rotatable bonds is 6. The minimum absolute atomic E-state index is 0.188. The second-order valence-corrected chi connectivity index (χ2v) is 5.23.